The predicted molar refractivity (Wildman–Crippen MR) is 108 cm³/mol. The molecule has 4 fully saturated rings. The zero-order valence-electron chi connectivity index (χ0n) is 17.3. The van der Waals surface area contributed by atoms with E-state index in [1.807, 2.05) is 0 Å². The number of nitrogens with two attached hydrogens (primary N) is 1. The number of unbranched alkanes of at least 4 members (excludes halogenated alkanes) is 1. The van der Waals surface area contributed by atoms with Crippen LogP contribution >= 0.6 is 0 Å². The van der Waals surface area contributed by atoms with Crippen LogP contribution in [-0.2, 0) is 4.79 Å². The van der Waals surface area contributed by atoms with Gasteiger partial charge in [-0.1, -0.05) is 31.8 Å². The molecule has 0 spiro atoms. The van der Waals surface area contributed by atoms with Crippen molar-refractivity contribution in [3.8, 4) is 0 Å². The number of fused-ring (bicyclic) bond motifs is 5. The van der Waals surface area contributed by atoms with Gasteiger partial charge in [-0.3, -0.25) is 4.79 Å². The molecule has 27 heavy (non-hydrogen) atoms. The average Bonchev–Trinajstić information content (AvgIpc) is 2.96. The van der Waals surface area contributed by atoms with E-state index in [0.29, 0.717) is 29.5 Å². The minimum absolute atomic E-state index is 0.107. The summed E-state index contributed by atoms with van der Waals surface area (Å²) in [5.74, 6) is 3.41. The van der Waals surface area contributed by atoms with Gasteiger partial charge in [0.1, 0.15) is 5.78 Å². The Labute approximate surface area is 164 Å². The van der Waals surface area contributed by atoms with Gasteiger partial charge in [0, 0.05) is 17.8 Å². The normalized spacial score (nSPS) is 48.2. The molecule has 0 aromatic rings. The summed E-state index contributed by atoms with van der Waals surface area (Å²) in [6.45, 7) is 5.50. The Hall–Kier alpha value is -0.900. The number of hydrogen-bond acceptors (Lipinski definition) is 4. The topological polar surface area (TPSA) is 75.7 Å². The van der Waals surface area contributed by atoms with Crippen LogP contribution in [0, 0.1) is 40.4 Å². The van der Waals surface area contributed by atoms with Crippen LogP contribution in [0.4, 0.5) is 0 Å². The molecule has 4 aliphatic carbocycles. The molecule has 0 amide bonds. The molecule has 0 radical (unpaired) electrons. The monoisotopic (exact) mass is 374 g/mol. The Bertz CT molecular complexity index is 617. The van der Waals surface area contributed by atoms with Crippen LogP contribution in [0.25, 0.3) is 0 Å². The third-order valence-electron chi connectivity index (χ3n) is 9.49. The Morgan fingerprint density at radius 3 is 2.70 bits per heavy atom. The molecule has 4 aliphatic rings. The summed E-state index contributed by atoms with van der Waals surface area (Å²) < 4.78 is 0. The smallest absolute Gasteiger partial charge is 0.139 e. The number of carbonyl (C=O) groups is 1. The number of oxime groups is 1. The van der Waals surface area contributed by atoms with Crippen LogP contribution in [0.1, 0.15) is 84.5 Å². The largest absolute Gasteiger partial charge is 0.411 e. The first-order valence-corrected chi connectivity index (χ1v) is 11.4. The van der Waals surface area contributed by atoms with Gasteiger partial charge < -0.3 is 10.9 Å². The van der Waals surface area contributed by atoms with Gasteiger partial charge in [0.15, 0.2) is 0 Å². The number of ketones is 1. The van der Waals surface area contributed by atoms with Gasteiger partial charge in [0.05, 0.1) is 5.71 Å². The highest BCUT2D eigenvalue weighted by Gasteiger charge is 2.61. The van der Waals surface area contributed by atoms with Crippen molar-refractivity contribution in [2.75, 3.05) is 6.54 Å². The van der Waals surface area contributed by atoms with Crippen molar-refractivity contribution < 1.29 is 10.0 Å². The lowest BCUT2D eigenvalue weighted by Gasteiger charge is -2.60. The third-order valence-corrected chi connectivity index (χ3v) is 9.49. The quantitative estimate of drug-likeness (QED) is 0.422. The van der Waals surface area contributed by atoms with E-state index in [2.05, 4.69) is 19.0 Å². The van der Waals surface area contributed by atoms with E-state index in [4.69, 9.17) is 5.73 Å². The van der Waals surface area contributed by atoms with Gasteiger partial charge in [-0.2, -0.15) is 0 Å². The number of Topliss-reactive ketones (excluding diaryl/α,β-unsaturated/α-hetero) is 1. The summed E-state index contributed by atoms with van der Waals surface area (Å²) in [5.41, 5.74) is 6.87. The third kappa shape index (κ3) is 2.97. The Morgan fingerprint density at radius 2 is 1.96 bits per heavy atom. The lowest BCUT2D eigenvalue weighted by Crippen LogP contribution is -2.56. The molecule has 0 aromatic carbocycles. The number of hydrogen-bond donors (Lipinski definition) is 2. The summed E-state index contributed by atoms with van der Waals surface area (Å²) in [7, 11) is 0. The molecule has 4 rings (SSSR count). The van der Waals surface area contributed by atoms with Crippen molar-refractivity contribution in [1.29, 1.82) is 0 Å². The maximum atomic E-state index is 12.6. The van der Waals surface area contributed by atoms with E-state index in [0.717, 1.165) is 50.3 Å². The van der Waals surface area contributed by atoms with Crippen molar-refractivity contribution in [3.63, 3.8) is 0 Å². The summed E-state index contributed by atoms with van der Waals surface area (Å²) in [6, 6.07) is 0. The van der Waals surface area contributed by atoms with Gasteiger partial charge in [-0.25, -0.2) is 0 Å². The van der Waals surface area contributed by atoms with E-state index in [1.54, 1.807) is 0 Å². The SMILES string of the molecule is C[C@]12CCC(CCCCN)C[C@@H]1/C(=N/O)C[C@@H]1[C@@H]2CC[C@]2(C)C(=O)CC[C@@H]12. The summed E-state index contributed by atoms with van der Waals surface area (Å²) in [6.07, 6.45) is 12.4. The summed E-state index contributed by atoms with van der Waals surface area (Å²) in [5, 5.41) is 13.8. The lowest BCUT2D eigenvalue weighted by molar-refractivity contribution is -0.134. The Balaban J connectivity index is 1.57. The van der Waals surface area contributed by atoms with E-state index in [-0.39, 0.29) is 10.8 Å². The average molecular weight is 375 g/mol. The number of rotatable bonds is 4. The molecule has 4 nitrogen and oxygen atoms in total. The second-order valence-electron chi connectivity index (χ2n) is 10.6. The van der Waals surface area contributed by atoms with Crippen LogP contribution in [0.5, 0.6) is 0 Å². The number of nitrogens with zero attached hydrogens (tertiary/aromatic N) is 1. The van der Waals surface area contributed by atoms with Gasteiger partial charge >= 0.3 is 0 Å². The maximum Gasteiger partial charge on any atom is 0.139 e. The van der Waals surface area contributed by atoms with Crippen LogP contribution in [0.2, 0.25) is 0 Å². The summed E-state index contributed by atoms with van der Waals surface area (Å²) >= 11 is 0. The van der Waals surface area contributed by atoms with Crippen molar-refractivity contribution in [3.05, 3.63) is 0 Å². The standard InChI is InChI=1S/C23H38N2O2/c1-22-10-8-15(5-3-4-12-24)13-19(22)20(25-27)14-16-17-6-7-21(26)23(17,2)11-9-18(16)22/h15-19,27H,3-14,24H2,1-2H3/b25-20+/t15?,16-,17-,18-,19+,22+,23-/m0/s1. The van der Waals surface area contributed by atoms with E-state index >= 15 is 0 Å². The number of carbonyl (C=O) groups excluding carboxylic acids is 1. The Kier molecular flexibility index (Phi) is 5.15. The van der Waals surface area contributed by atoms with Gasteiger partial charge in [0.2, 0.25) is 0 Å². The Morgan fingerprint density at radius 1 is 1.15 bits per heavy atom. The molecule has 0 heterocycles. The summed E-state index contributed by atoms with van der Waals surface area (Å²) in [4.78, 5) is 12.6. The van der Waals surface area contributed by atoms with Crippen molar-refractivity contribution in [2.45, 2.75) is 84.5 Å². The lowest BCUT2D eigenvalue weighted by atomic mass is 9.44. The second-order valence-corrected chi connectivity index (χ2v) is 10.6. The van der Waals surface area contributed by atoms with Crippen molar-refractivity contribution in [1.82, 2.24) is 0 Å². The van der Waals surface area contributed by atoms with Crippen molar-refractivity contribution >= 4 is 11.5 Å². The molecule has 4 heteroatoms. The van der Waals surface area contributed by atoms with Crippen LogP contribution in [-0.4, -0.2) is 23.2 Å². The van der Waals surface area contributed by atoms with Gasteiger partial charge in [-0.05, 0) is 87.0 Å². The molecule has 1 unspecified atom stereocenters. The molecular weight excluding hydrogens is 336 g/mol. The molecule has 152 valence electrons. The van der Waals surface area contributed by atoms with Crippen LogP contribution in [0.3, 0.4) is 0 Å². The first-order chi connectivity index (χ1) is 12.9. The first kappa shape index (κ1) is 19.4. The fraction of sp³-hybridized carbons (Fsp3) is 0.913. The van der Waals surface area contributed by atoms with E-state index < -0.39 is 0 Å². The fourth-order valence-corrected chi connectivity index (χ4v) is 7.87. The molecule has 4 saturated carbocycles. The molecular formula is C23H38N2O2. The predicted octanol–water partition coefficient (Wildman–Crippen LogP) is 4.78. The maximum absolute atomic E-state index is 12.6. The molecule has 7 atom stereocenters. The minimum atomic E-state index is -0.107. The zero-order valence-corrected chi connectivity index (χ0v) is 17.3. The van der Waals surface area contributed by atoms with Gasteiger partial charge in [0.25, 0.3) is 0 Å². The molecule has 0 aliphatic heterocycles. The minimum Gasteiger partial charge on any atom is -0.411 e. The first-order valence-electron chi connectivity index (χ1n) is 11.4. The van der Waals surface area contributed by atoms with E-state index in [9.17, 15) is 10.0 Å². The van der Waals surface area contributed by atoms with Gasteiger partial charge in [-0.15, -0.1) is 0 Å². The highest BCUT2D eigenvalue weighted by Crippen LogP contribution is 2.65. The highest BCUT2D eigenvalue weighted by molar-refractivity contribution is 5.90. The zero-order chi connectivity index (χ0) is 19.2. The second kappa shape index (κ2) is 7.17. The van der Waals surface area contributed by atoms with E-state index in [1.165, 1.54) is 38.5 Å². The van der Waals surface area contributed by atoms with Crippen LogP contribution < -0.4 is 5.73 Å². The van der Waals surface area contributed by atoms with Crippen molar-refractivity contribution in [2.24, 2.45) is 51.3 Å². The molecule has 3 N–H and O–H groups in total. The highest BCUT2D eigenvalue weighted by atomic mass is 16.4. The van der Waals surface area contributed by atoms with Crippen LogP contribution in [0.15, 0.2) is 5.16 Å². The molecule has 0 aromatic heterocycles. The molecule has 0 saturated heterocycles. The molecule has 0 bridgehead atoms. The fourth-order valence-electron chi connectivity index (χ4n) is 7.87.